The fourth-order valence-corrected chi connectivity index (χ4v) is 1.16. The quantitative estimate of drug-likeness (QED) is 0.716. The molecule has 0 aliphatic rings. The molecule has 0 N–H and O–H groups in total. The molecule has 0 aromatic carbocycles. The summed E-state index contributed by atoms with van der Waals surface area (Å²) in [4.78, 5) is 0. The Hall–Kier alpha value is -1.78. The number of nitrogens with zero attached hydrogens (tertiary/aromatic N) is 4. The van der Waals surface area contributed by atoms with Crippen LogP contribution in [0, 0.1) is 0 Å². The Morgan fingerprint density at radius 1 is 1.43 bits per heavy atom. The van der Waals surface area contributed by atoms with Gasteiger partial charge in [-0.25, -0.2) is 0 Å². The van der Waals surface area contributed by atoms with Gasteiger partial charge in [-0.15, -0.1) is 0 Å². The zero-order valence-electron chi connectivity index (χ0n) is 8.00. The van der Waals surface area contributed by atoms with Crippen molar-refractivity contribution in [3.63, 3.8) is 0 Å². The van der Waals surface area contributed by atoms with Crippen LogP contribution in [0.1, 0.15) is 0 Å². The van der Waals surface area contributed by atoms with Crippen LogP contribution in [0.4, 0.5) is 0 Å². The van der Waals surface area contributed by atoms with Gasteiger partial charge in [0.25, 0.3) is 0 Å². The summed E-state index contributed by atoms with van der Waals surface area (Å²) in [5, 5.41) is 8.07. The third-order valence-electron chi connectivity index (χ3n) is 1.83. The largest absolute Gasteiger partial charge is 0.488 e. The molecule has 0 aliphatic carbocycles. The van der Waals surface area contributed by atoms with Crippen molar-refractivity contribution in [3.8, 4) is 5.75 Å². The maximum atomic E-state index is 5.46. The third kappa shape index (κ3) is 2.12. The summed E-state index contributed by atoms with van der Waals surface area (Å²) in [6, 6.07) is 1.89. The molecule has 5 heteroatoms. The zero-order valence-corrected chi connectivity index (χ0v) is 8.00. The minimum atomic E-state index is 0.605. The lowest BCUT2D eigenvalue weighted by Crippen LogP contribution is -2.07. The first kappa shape index (κ1) is 8.80. The second kappa shape index (κ2) is 3.95. The molecule has 2 rings (SSSR count). The van der Waals surface area contributed by atoms with Gasteiger partial charge in [0.15, 0.2) is 5.75 Å². The molecule has 0 saturated carbocycles. The highest BCUT2D eigenvalue weighted by molar-refractivity contribution is 5.10. The van der Waals surface area contributed by atoms with Gasteiger partial charge in [-0.05, 0) is 6.07 Å². The summed E-state index contributed by atoms with van der Waals surface area (Å²) in [6.07, 6.45) is 7.20. The lowest BCUT2D eigenvalue weighted by molar-refractivity contribution is 0.291. The first-order chi connectivity index (χ1) is 6.84. The summed E-state index contributed by atoms with van der Waals surface area (Å²) < 4.78 is 9.00. The van der Waals surface area contributed by atoms with Crippen LogP contribution in [0.5, 0.6) is 5.75 Å². The predicted molar refractivity (Wildman–Crippen MR) is 50.9 cm³/mol. The van der Waals surface area contributed by atoms with Crippen molar-refractivity contribution in [1.29, 1.82) is 0 Å². The van der Waals surface area contributed by atoms with E-state index in [9.17, 15) is 0 Å². The lowest BCUT2D eigenvalue weighted by atomic mass is 10.6. The first-order valence-corrected chi connectivity index (χ1v) is 4.43. The van der Waals surface area contributed by atoms with E-state index in [1.807, 2.05) is 30.2 Å². The fourth-order valence-electron chi connectivity index (χ4n) is 1.16. The lowest BCUT2D eigenvalue weighted by Gasteiger charge is -2.02. The Balaban J connectivity index is 1.78. The van der Waals surface area contributed by atoms with Crippen LogP contribution in [-0.2, 0) is 13.6 Å². The standard InChI is InChI=1S/C9H12N4O/c1-12-8-9(7-11-12)14-6-5-13-4-2-3-10-13/h2-4,7-8H,5-6H2,1H3. The van der Waals surface area contributed by atoms with E-state index in [1.165, 1.54) is 0 Å². The Morgan fingerprint density at radius 3 is 3.00 bits per heavy atom. The minimum Gasteiger partial charge on any atom is -0.488 e. The van der Waals surface area contributed by atoms with E-state index in [-0.39, 0.29) is 0 Å². The molecule has 2 aromatic heterocycles. The molecule has 0 radical (unpaired) electrons. The van der Waals surface area contributed by atoms with Crippen LogP contribution in [0.25, 0.3) is 0 Å². The van der Waals surface area contributed by atoms with Gasteiger partial charge in [-0.2, -0.15) is 10.2 Å². The van der Waals surface area contributed by atoms with Crippen molar-refractivity contribution in [3.05, 3.63) is 30.9 Å². The SMILES string of the molecule is Cn1cc(OCCn2cccn2)cn1. The highest BCUT2D eigenvalue weighted by Crippen LogP contribution is 2.06. The van der Waals surface area contributed by atoms with E-state index in [1.54, 1.807) is 17.1 Å². The molecule has 5 nitrogen and oxygen atoms in total. The number of aromatic nitrogens is 4. The van der Waals surface area contributed by atoms with Crippen molar-refractivity contribution >= 4 is 0 Å². The molecule has 0 fully saturated rings. The van der Waals surface area contributed by atoms with Gasteiger partial charge in [0.1, 0.15) is 6.61 Å². The van der Waals surface area contributed by atoms with Crippen LogP contribution in [-0.4, -0.2) is 26.2 Å². The Labute approximate surface area is 81.9 Å². The maximum absolute atomic E-state index is 5.46. The van der Waals surface area contributed by atoms with Gasteiger partial charge in [0.2, 0.25) is 0 Å². The van der Waals surface area contributed by atoms with Gasteiger partial charge in [-0.3, -0.25) is 9.36 Å². The van der Waals surface area contributed by atoms with Crippen molar-refractivity contribution in [2.24, 2.45) is 7.05 Å². The van der Waals surface area contributed by atoms with Gasteiger partial charge >= 0.3 is 0 Å². The Morgan fingerprint density at radius 2 is 2.36 bits per heavy atom. The molecule has 0 bridgehead atoms. The average molecular weight is 192 g/mol. The van der Waals surface area contributed by atoms with Crippen molar-refractivity contribution < 1.29 is 4.74 Å². The monoisotopic (exact) mass is 192 g/mol. The van der Waals surface area contributed by atoms with Gasteiger partial charge in [0.05, 0.1) is 18.9 Å². The van der Waals surface area contributed by atoms with Crippen molar-refractivity contribution in [1.82, 2.24) is 19.6 Å². The molecule has 0 atom stereocenters. The highest BCUT2D eigenvalue weighted by atomic mass is 16.5. The van der Waals surface area contributed by atoms with E-state index in [4.69, 9.17) is 4.74 Å². The topological polar surface area (TPSA) is 44.9 Å². The van der Waals surface area contributed by atoms with Crippen LogP contribution in [0.15, 0.2) is 30.9 Å². The molecular weight excluding hydrogens is 180 g/mol. The van der Waals surface area contributed by atoms with Crippen LogP contribution >= 0.6 is 0 Å². The van der Waals surface area contributed by atoms with E-state index < -0.39 is 0 Å². The molecule has 0 spiro atoms. The fraction of sp³-hybridized carbons (Fsp3) is 0.333. The second-order valence-electron chi connectivity index (χ2n) is 2.97. The maximum Gasteiger partial charge on any atom is 0.157 e. The van der Waals surface area contributed by atoms with E-state index in [0.29, 0.717) is 6.61 Å². The van der Waals surface area contributed by atoms with Crippen LogP contribution in [0.3, 0.4) is 0 Å². The van der Waals surface area contributed by atoms with E-state index >= 15 is 0 Å². The summed E-state index contributed by atoms with van der Waals surface area (Å²) in [7, 11) is 1.86. The van der Waals surface area contributed by atoms with Crippen molar-refractivity contribution in [2.45, 2.75) is 6.54 Å². The predicted octanol–water partition coefficient (Wildman–Crippen LogP) is 0.696. The Kier molecular flexibility index (Phi) is 2.48. The normalized spacial score (nSPS) is 10.4. The minimum absolute atomic E-state index is 0.605. The molecule has 2 heterocycles. The average Bonchev–Trinajstić information content (AvgIpc) is 2.77. The van der Waals surface area contributed by atoms with Crippen LogP contribution < -0.4 is 4.74 Å². The molecule has 0 amide bonds. The third-order valence-corrected chi connectivity index (χ3v) is 1.83. The number of rotatable bonds is 4. The number of hydrogen-bond donors (Lipinski definition) is 0. The number of aryl methyl sites for hydroxylation is 1. The van der Waals surface area contributed by atoms with Gasteiger partial charge < -0.3 is 4.74 Å². The Bertz CT molecular complexity index is 379. The van der Waals surface area contributed by atoms with Crippen molar-refractivity contribution in [2.75, 3.05) is 6.61 Å². The van der Waals surface area contributed by atoms with E-state index in [2.05, 4.69) is 10.2 Å². The molecular formula is C9H12N4O. The molecule has 0 saturated heterocycles. The summed E-state index contributed by atoms with van der Waals surface area (Å²) in [5.41, 5.74) is 0. The molecule has 0 unspecified atom stereocenters. The molecule has 14 heavy (non-hydrogen) atoms. The van der Waals surface area contributed by atoms with E-state index in [0.717, 1.165) is 12.3 Å². The van der Waals surface area contributed by atoms with Crippen LogP contribution in [0.2, 0.25) is 0 Å². The highest BCUT2D eigenvalue weighted by Gasteiger charge is 1.96. The smallest absolute Gasteiger partial charge is 0.157 e. The first-order valence-electron chi connectivity index (χ1n) is 4.43. The molecule has 2 aromatic rings. The molecule has 74 valence electrons. The summed E-state index contributed by atoms with van der Waals surface area (Å²) in [6.45, 7) is 1.36. The zero-order chi connectivity index (χ0) is 9.80. The number of ether oxygens (including phenoxy) is 1. The van der Waals surface area contributed by atoms with Gasteiger partial charge in [-0.1, -0.05) is 0 Å². The summed E-state index contributed by atoms with van der Waals surface area (Å²) in [5.74, 6) is 0.791. The van der Waals surface area contributed by atoms with Gasteiger partial charge in [0, 0.05) is 19.4 Å². The number of hydrogen-bond acceptors (Lipinski definition) is 3. The summed E-state index contributed by atoms with van der Waals surface area (Å²) >= 11 is 0. The second-order valence-corrected chi connectivity index (χ2v) is 2.97. The molecule has 0 aliphatic heterocycles.